The van der Waals surface area contributed by atoms with Gasteiger partial charge in [-0.1, -0.05) is 19.9 Å². The van der Waals surface area contributed by atoms with Crippen LogP contribution in [0.5, 0.6) is 0 Å². The average molecular weight is 203 g/mol. The monoisotopic (exact) mass is 203 g/mol. The van der Waals surface area contributed by atoms with Gasteiger partial charge in [0.25, 0.3) is 0 Å². The van der Waals surface area contributed by atoms with E-state index in [1.54, 1.807) is 0 Å². The summed E-state index contributed by atoms with van der Waals surface area (Å²) in [6, 6.07) is 8.41. The first-order valence-corrected chi connectivity index (χ1v) is 5.43. The normalized spacial score (nSPS) is 11.5. The molecule has 2 nitrogen and oxygen atoms in total. The predicted octanol–water partition coefficient (Wildman–Crippen LogP) is 3.06. The zero-order chi connectivity index (χ0) is 10.8. The van der Waals surface area contributed by atoms with Gasteiger partial charge >= 0.3 is 0 Å². The van der Waals surface area contributed by atoms with Gasteiger partial charge < -0.3 is 10.2 Å². The Morgan fingerprint density at radius 1 is 1.27 bits per heavy atom. The Balaban J connectivity index is 2.43. The lowest BCUT2D eigenvalue weighted by Gasteiger charge is -1.97. The first-order chi connectivity index (χ1) is 7.20. The standard InChI is InChI=1S/C13H17NO/c1-9(2)13-8-11-7-10(5-6-14)3-4-12(11)15-13/h3-4,7-9H,5-6,14H2,1-2H3. The minimum absolute atomic E-state index is 0.440. The highest BCUT2D eigenvalue weighted by molar-refractivity contribution is 5.78. The molecule has 0 unspecified atom stereocenters. The second kappa shape index (κ2) is 4.07. The summed E-state index contributed by atoms with van der Waals surface area (Å²) < 4.78 is 5.73. The van der Waals surface area contributed by atoms with Gasteiger partial charge in [-0.3, -0.25) is 0 Å². The third-order valence-electron chi connectivity index (χ3n) is 2.60. The van der Waals surface area contributed by atoms with Crippen LogP contribution in [0.15, 0.2) is 28.7 Å². The van der Waals surface area contributed by atoms with Crippen LogP contribution in [0.2, 0.25) is 0 Å². The molecular formula is C13H17NO. The molecule has 2 aromatic rings. The molecule has 0 spiro atoms. The largest absolute Gasteiger partial charge is 0.461 e. The quantitative estimate of drug-likeness (QED) is 0.832. The Hall–Kier alpha value is -1.28. The molecular weight excluding hydrogens is 186 g/mol. The summed E-state index contributed by atoms with van der Waals surface area (Å²) in [6.45, 7) is 4.97. The first kappa shape index (κ1) is 10.2. The highest BCUT2D eigenvalue weighted by atomic mass is 16.3. The topological polar surface area (TPSA) is 39.2 Å². The van der Waals surface area contributed by atoms with E-state index < -0.39 is 0 Å². The third kappa shape index (κ3) is 2.05. The second-order valence-corrected chi connectivity index (χ2v) is 4.21. The molecule has 0 atom stereocenters. The molecule has 2 rings (SSSR count). The maximum absolute atomic E-state index is 5.73. The zero-order valence-corrected chi connectivity index (χ0v) is 9.29. The molecule has 0 aliphatic heterocycles. The zero-order valence-electron chi connectivity index (χ0n) is 9.29. The minimum atomic E-state index is 0.440. The van der Waals surface area contributed by atoms with Crippen molar-refractivity contribution in [1.82, 2.24) is 0 Å². The number of fused-ring (bicyclic) bond motifs is 1. The SMILES string of the molecule is CC(C)c1cc2cc(CCN)ccc2o1. The van der Waals surface area contributed by atoms with Gasteiger partial charge in [-0.25, -0.2) is 0 Å². The Kier molecular flexibility index (Phi) is 2.78. The number of rotatable bonds is 3. The van der Waals surface area contributed by atoms with E-state index >= 15 is 0 Å². The fourth-order valence-corrected chi connectivity index (χ4v) is 1.72. The van der Waals surface area contributed by atoms with Crippen molar-refractivity contribution in [2.45, 2.75) is 26.2 Å². The van der Waals surface area contributed by atoms with Gasteiger partial charge in [-0.2, -0.15) is 0 Å². The molecule has 1 aromatic heterocycles. The summed E-state index contributed by atoms with van der Waals surface area (Å²) in [5.41, 5.74) is 7.79. The van der Waals surface area contributed by atoms with Gasteiger partial charge in [0.05, 0.1) is 0 Å². The molecule has 15 heavy (non-hydrogen) atoms. The predicted molar refractivity (Wildman–Crippen MR) is 63.1 cm³/mol. The van der Waals surface area contributed by atoms with E-state index in [0.29, 0.717) is 12.5 Å². The molecule has 0 fully saturated rings. The van der Waals surface area contributed by atoms with Crippen molar-refractivity contribution in [2.75, 3.05) is 6.54 Å². The molecule has 1 heterocycles. The molecule has 80 valence electrons. The van der Waals surface area contributed by atoms with Gasteiger partial charge in [0.2, 0.25) is 0 Å². The maximum atomic E-state index is 5.73. The molecule has 2 N–H and O–H groups in total. The fourth-order valence-electron chi connectivity index (χ4n) is 1.72. The van der Waals surface area contributed by atoms with E-state index in [9.17, 15) is 0 Å². The van der Waals surface area contributed by atoms with Crippen molar-refractivity contribution in [2.24, 2.45) is 5.73 Å². The van der Waals surface area contributed by atoms with Crippen LogP contribution in [-0.2, 0) is 6.42 Å². The average Bonchev–Trinajstić information content (AvgIpc) is 2.61. The number of benzene rings is 1. The minimum Gasteiger partial charge on any atom is -0.461 e. The number of furan rings is 1. The molecule has 2 heteroatoms. The molecule has 0 bridgehead atoms. The van der Waals surface area contributed by atoms with Crippen LogP contribution in [0.4, 0.5) is 0 Å². The lowest BCUT2D eigenvalue weighted by molar-refractivity contribution is 0.521. The third-order valence-corrected chi connectivity index (χ3v) is 2.60. The Morgan fingerprint density at radius 2 is 2.07 bits per heavy atom. The Morgan fingerprint density at radius 3 is 2.73 bits per heavy atom. The lowest BCUT2D eigenvalue weighted by Crippen LogP contribution is -2.02. The lowest BCUT2D eigenvalue weighted by atomic mass is 10.1. The van der Waals surface area contributed by atoms with Crippen LogP contribution >= 0.6 is 0 Å². The molecule has 0 radical (unpaired) electrons. The molecule has 0 saturated carbocycles. The first-order valence-electron chi connectivity index (χ1n) is 5.43. The van der Waals surface area contributed by atoms with E-state index in [-0.39, 0.29) is 0 Å². The highest BCUT2D eigenvalue weighted by Gasteiger charge is 2.07. The van der Waals surface area contributed by atoms with Crippen LogP contribution in [0, 0.1) is 0 Å². The highest BCUT2D eigenvalue weighted by Crippen LogP contribution is 2.25. The van der Waals surface area contributed by atoms with Crippen LogP contribution in [0.1, 0.15) is 31.1 Å². The molecule has 0 saturated heterocycles. The van der Waals surface area contributed by atoms with Crippen LogP contribution in [-0.4, -0.2) is 6.54 Å². The van der Waals surface area contributed by atoms with E-state index in [0.717, 1.165) is 17.8 Å². The van der Waals surface area contributed by atoms with Crippen molar-refractivity contribution in [1.29, 1.82) is 0 Å². The Labute approximate surface area is 90.1 Å². The van der Waals surface area contributed by atoms with Crippen molar-refractivity contribution in [3.8, 4) is 0 Å². The molecule has 0 aliphatic carbocycles. The van der Waals surface area contributed by atoms with Gasteiger partial charge in [0.15, 0.2) is 0 Å². The summed E-state index contributed by atoms with van der Waals surface area (Å²) in [4.78, 5) is 0. The van der Waals surface area contributed by atoms with Crippen LogP contribution in [0.25, 0.3) is 11.0 Å². The number of hydrogen-bond acceptors (Lipinski definition) is 2. The molecule has 0 aliphatic rings. The Bertz CT molecular complexity index is 457. The van der Waals surface area contributed by atoms with Gasteiger partial charge in [0, 0.05) is 11.3 Å². The molecule has 0 amide bonds. The van der Waals surface area contributed by atoms with Crippen molar-refractivity contribution < 1.29 is 4.42 Å². The van der Waals surface area contributed by atoms with Crippen LogP contribution < -0.4 is 5.73 Å². The van der Waals surface area contributed by atoms with E-state index in [1.165, 1.54) is 10.9 Å². The van der Waals surface area contributed by atoms with E-state index in [4.69, 9.17) is 10.2 Å². The van der Waals surface area contributed by atoms with Crippen LogP contribution in [0.3, 0.4) is 0 Å². The summed E-state index contributed by atoms with van der Waals surface area (Å²) in [6.07, 6.45) is 0.929. The second-order valence-electron chi connectivity index (χ2n) is 4.21. The van der Waals surface area contributed by atoms with Crippen molar-refractivity contribution in [3.05, 3.63) is 35.6 Å². The number of hydrogen-bond donors (Lipinski definition) is 1. The van der Waals surface area contributed by atoms with Gasteiger partial charge in [-0.15, -0.1) is 0 Å². The number of nitrogens with two attached hydrogens (primary N) is 1. The maximum Gasteiger partial charge on any atom is 0.134 e. The smallest absolute Gasteiger partial charge is 0.134 e. The molecule has 1 aromatic carbocycles. The van der Waals surface area contributed by atoms with Gasteiger partial charge in [-0.05, 0) is 36.7 Å². The fraction of sp³-hybridized carbons (Fsp3) is 0.385. The summed E-state index contributed by atoms with van der Waals surface area (Å²) in [7, 11) is 0. The summed E-state index contributed by atoms with van der Waals surface area (Å²) in [5, 5.41) is 1.18. The van der Waals surface area contributed by atoms with E-state index in [1.807, 2.05) is 6.07 Å². The van der Waals surface area contributed by atoms with E-state index in [2.05, 4.69) is 32.0 Å². The van der Waals surface area contributed by atoms with Gasteiger partial charge in [0.1, 0.15) is 11.3 Å². The van der Waals surface area contributed by atoms with Crippen molar-refractivity contribution >= 4 is 11.0 Å². The van der Waals surface area contributed by atoms with Crippen molar-refractivity contribution in [3.63, 3.8) is 0 Å². The summed E-state index contributed by atoms with van der Waals surface area (Å²) >= 11 is 0. The summed E-state index contributed by atoms with van der Waals surface area (Å²) in [5.74, 6) is 1.49.